The summed E-state index contributed by atoms with van der Waals surface area (Å²) in [6.07, 6.45) is 0. The quantitative estimate of drug-likeness (QED) is 0.775. The van der Waals surface area contributed by atoms with E-state index in [2.05, 4.69) is 41.8 Å². The molecule has 0 saturated carbocycles. The molecule has 0 aliphatic rings. The van der Waals surface area contributed by atoms with Crippen molar-refractivity contribution in [1.82, 2.24) is 5.32 Å². The topological polar surface area (TPSA) is 24.1 Å². The van der Waals surface area contributed by atoms with Crippen molar-refractivity contribution in [3.63, 3.8) is 0 Å². The van der Waals surface area contributed by atoms with Gasteiger partial charge in [0.25, 0.3) is 0 Å². The molecule has 2 nitrogen and oxygen atoms in total. The molecule has 2 aromatic rings. The van der Waals surface area contributed by atoms with E-state index in [-0.39, 0.29) is 0 Å². The van der Waals surface area contributed by atoms with Crippen LogP contribution in [0.1, 0.15) is 18.5 Å². The smallest absolute Gasteiger partial charge is 0.0407 e. The molecule has 0 heterocycles. The summed E-state index contributed by atoms with van der Waals surface area (Å²) in [5.41, 5.74) is 2.41. The second kappa shape index (κ2) is 7.17. The van der Waals surface area contributed by atoms with Gasteiger partial charge in [-0.3, -0.25) is 0 Å². The second-order valence-electron chi connectivity index (χ2n) is 4.52. The van der Waals surface area contributed by atoms with E-state index in [1.54, 1.807) is 0 Å². The fourth-order valence-corrected chi connectivity index (χ4v) is 2.05. The number of halogens is 1. The Morgan fingerprint density at radius 2 is 1.63 bits per heavy atom. The van der Waals surface area contributed by atoms with Gasteiger partial charge < -0.3 is 10.6 Å². The van der Waals surface area contributed by atoms with Gasteiger partial charge in [-0.15, -0.1) is 0 Å². The molecule has 3 heteroatoms. The van der Waals surface area contributed by atoms with Crippen LogP contribution in [-0.4, -0.2) is 13.1 Å². The number of hydrogen-bond donors (Lipinski definition) is 2. The van der Waals surface area contributed by atoms with Crippen molar-refractivity contribution in [2.45, 2.75) is 13.0 Å². The minimum atomic E-state index is 0.369. The summed E-state index contributed by atoms with van der Waals surface area (Å²) in [6, 6.07) is 18.6. The average molecular weight is 275 g/mol. The number of rotatable bonds is 6. The fourth-order valence-electron chi connectivity index (χ4n) is 1.92. The number of hydrogen-bond acceptors (Lipinski definition) is 2. The third kappa shape index (κ3) is 4.58. The summed E-state index contributed by atoms with van der Waals surface area (Å²) < 4.78 is 0. The lowest BCUT2D eigenvalue weighted by molar-refractivity contribution is 0.588. The normalized spacial score (nSPS) is 12.1. The van der Waals surface area contributed by atoms with Crippen molar-refractivity contribution in [2.24, 2.45) is 0 Å². The zero-order chi connectivity index (χ0) is 13.5. The van der Waals surface area contributed by atoms with Crippen LogP contribution in [0, 0.1) is 0 Å². The molecule has 1 unspecified atom stereocenters. The number of nitrogens with one attached hydrogen (secondary N) is 2. The Morgan fingerprint density at radius 3 is 2.32 bits per heavy atom. The molecular weight excluding hydrogens is 256 g/mol. The van der Waals surface area contributed by atoms with Gasteiger partial charge in [0.2, 0.25) is 0 Å². The third-order valence-electron chi connectivity index (χ3n) is 3.05. The standard InChI is InChI=1S/C16H19ClN2/c1-13(14-5-3-2-4-6-14)18-11-12-19-16-9-7-15(17)8-10-16/h2-10,13,18-19H,11-12H2,1H3. The molecule has 0 bridgehead atoms. The largest absolute Gasteiger partial charge is 0.384 e. The highest BCUT2D eigenvalue weighted by Crippen LogP contribution is 2.13. The summed E-state index contributed by atoms with van der Waals surface area (Å²) in [4.78, 5) is 0. The van der Waals surface area contributed by atoms with Crippen LogP contribution in [0.4, 0.5) is 5.69 Å². The van der Waals surface area contributed by atoms with Crippen LogP contribution < -0.4 is 10.6 Å². The van der Waals surface area contributed by atoms with Gasteiger partial charge in [0.05, 0.1) is 0 Å². The minimum absolute atomic E-state index is 0.369. The fraction of sp³-hybridized carbons (Fsp3) is 0.250. The molecule has 0 fully saturated rings. The second-order valence-corrected chi connectivity index (χ2v) is 4.96. The molecule has 0 spiro atoms. The maximum absolute atomic E-state index is 5.84. The molecule has 0 saturated heterocycles. The predicted octanol–water partition coefficient (Wildman–Crippen LogP) is 4.10. The molecule has 2 N–H and O–H groups in total. The van der Waals surface area contributed by atoms with Crippen molar-refractivity contribution in [2.75, 3.05) is 18.4 Å². The zero-order valence-corrected chi connectivity index (χ0v) is 11.8. The molecule has 1 atom stereocenters. The monoisotopic (exact) mass is 274 g/mol. The molecule has 0 amide bonds. The van der Waals surface area contributed by atoms with E-state index in [0.717, 1.165) is 23.8 Å². The van der Waals surface area contributed by atoms with Crippen molar-refractivity contribution in [1.29, 1.82) is 0 Å². The summed E-state index contributed by atoms with van der Waals surface area (Å²) >= 11 is 5.84. The van der Waals surface area contributed by atoms with Gasteiger partial charge in [-0.05, 0) is 36.8 Å². The number of benzene rings is 2. The molecule has 19 heavy (non-hydrogen) atoms. The predicted molar refractivity (Wildman–Crippen MR) is 82.8 cm³/mol. The van der Waals surface area contributed by atoms with Crippen LogP contribution in [0.15, 0.2) is 54.6 Å². The molecule has 0 aliphatic carbocycles. The van der Waals surface area contributed by atoms with Gasteiger partial charge in [0.15, 0.2) is 0 Å². The van der Waals surface area contributed by atoms with Crippen molar-refractivity contribution >= 4 is 17.3 Å². The summed E-state index contributed by atoms with van der Waals surface area (Å²) in [6.45, 7) is 3.98. The first kappa shape index (κ1) is 13.9. The first-order chi connectivity index (χ1) is 9.25. The maximum atomic E-state index is 5.84. The Balaban J connectivity index is 1.71. The Bertz CT molecular complexity index is 482. The van der Waals surface area contributed by atoms with Crippen molar-refractivity contribution < 1.29 is 0 Å². The van der Waals surface area contributed by atoms with Gasteiger partial charge in [-0.25, -0.2) is 0 Å². The summed E-state index contributed by atoms with van der Waals surface area (Å²) in [7, 11) is 0. The summed E-state index contributed by atoms with van der Waals surface area (Å²) in [5.74, 6) is 0. The van der Waals surface area contributed by atoms with E-state index in [1.807, 2.05) is 30.3 Å². The lowest BCUT2D eigenvalue weighted by Gasteiger charge is -2.14. The van der Waals surface area contributed by atoms with Gasteiger partial charge in [-0.1, -0.05) is 41.9 Å². The highest BCUT2D eigenvalue weighted by atomic mass is 35.5. The first-order valence-corrected chi connectivity index (χ1v) is 6.91. The average Bonchev–Trinajstić information content (AvgIpc) is 2.46. The van der Waals surface area contributed by atoms with E-state index in [1.165, 1.54) is 5.56 Å². The molecule has 100 valence electrons. The van der Waals surface area contributed by atoms with Crippen LogP contribution in [-0.2, 0) is 0 Å². The van der Waals surface area contributed by atoms with E-state index in [9.17, 15) is 0 Å². The van der Waals surface area contributed by atoms with Crippen LogP contribution in [0.25, 0.3) is 0 Å². The minimum Gasteiger partial charge on any atom is -0.384 e. The van der Waals surface area contributed by atoms with Gasteiger partial charge in [0.1, 0.15) is 0 Å². The van der Waals surface area contributed by atoms with E-state index < -0.39 is 0 Å². The Morgan fingerprint density at radius 1 is 0.947 bits per heavy atom. The van der Waals surface area contributed by atoms with E-state index in [0.29, 0.717) is 6.04 Å². The molecule has 2 aromatic carbocycles. The van der Waals surface area contributed by atoms with Gasteiger partial charge >= 0.3 is 0 Å². The van der Waals surface area contributed by atoms with Crippen LogP contribution in [0.2, 0.25) is 5.02 Å². The highest BCUT2D eigenvalue weighted by Gasteiger charge is 2.02. The molecular formula is C16H19ClN2. The van der Waals surface area contributed by atoms with Crippen molar-refractivity contribution in [3.8, 4) is 0 Å². The van der Waals surface area contributed by atoms with Crippen LogP contribution in [0.5, 0.6) is 0 Å². The molecule has 0 aliphatic heterocycles. The molecule has 0 radical (unpaired) electrons. The Labute approximate surface area is 119 Å². The highest BCUT2D eigenvalue weighted by molar-refractivity contribution is 6.30. The Kier molecular flexibility index (Phi) is 5.25. The number of anilines is 1. The lowest BCUT2D eigenvalue weighted by atomic mass is 10.1. The van der Waals surface area contributed by atoms with Crippen LogP contribution in [0.3, 0.4) is 0 Å². The first-order valence-electron chi connectivity index (χ1n) is 6.53. The lowest BCUT2D eigenvalue weighted by Crippen LogP contribution is -2.25. The van der Waals surface area contributed by atoms with Crippen molar-refractivity contribution in [3.05, 3.63) is 65.2 Å². The Hall–Kier alpha value is -1.51. The SMILES string of the molecule is CC(NCCNc1ccc(Cl)cc1)c1ccccc1. The van der Waals surface area contributed by atoms with Crippen LogP contribution >= 0.6 is 11.6 Å². The third-order valence-corrected chi connectivity index (χ3v) is 3.30. The van der Waals surface area contributed by atoms with Gasteiger partial charge in [0, 0.05) is 29.8 Å². The van der Waals surface area contributed by atoms with E-state index in [4.69, 9.17) is 11.6 Å². The molecule has 2 rings (SSSR count). The maximum Gasteiger partial charge on any atom is 0.0407 e. The summed E-state index contributed by atoms with van der Waals surface area (Å²) in [5, 5.41) is 7.61. The van der Waals surface area contributed by atoms with E-state index >= 15 is 0 Å². The molecule has 0 aromatic heterocycles. The zero-order valence-electron chi connectivity index (χ0n) is 11.1. The van der Waals surface area contributed by atoms with Gasteiger partial charge in [-0.2, -0.15) is 0 Å².